The molecule has 1 N–H and O–H groups in total. The fourth-order valence-corrected chi connectivity index (χ4v) is 2.57. The van der Waals surface area contributed by atoms with Crippen LogP contribution in [0.5, 0.6) is 5.75 Å². The van der Waals surface area contributed by atoms with Crippen molar-refractivity contribution >= 4 is 23.1 Å². The summed E-state index contributed by atoms with van der Waals surface area (Å²) < 4.78 is 32.2. The van der Waals surface area contributed by atoms with Gasteiger partial charge in [0.1, 0.15) is 11.6 Å². The summed E-state index contributed by atoms with van der Waals surface area (Å²) in [7, 11) is 1.52. The third-order valence-electron chi connectivity index (χ3n) is 3.89. The van der Waals surface area contributed by atoms with E-state index in [-0.39, 0.29) is 18.1 Å². The molecule has 0 spiro atoms. The minimum absolute atomic E-state index is 0.0147. The maximum Gasteiger partial charge on any atom is 0.299 e. The number of likely N-dealkylation sites (N-methyl/N-ethyl adjacent to an activating group) is 1. The number of ether oxygens (including phenoxy) is 1. The highest BCUT2D eigenvalue weighted by Gasteiger charge is 2.19. The Hall–Kier alpha value is -3.30. The van der Waals surface area contributed by atoms with Gasteiger partial charge in [0.15, 0.2) is 5.65 Å². The number of benzene rings is 1. The maximum absolute atomic E-state index is 13.0. The van der Waals surface area contributed by atoms with E-state index >= 15 is 0 Å². The minimum atomic E-state index is -2.80. The average molecular weight is 376 g/mol. The number of anilines is 2. The third kappa shape index (κ3) is 3.94. The number of methoxy groups -OCH3 is 1. The lowest BCUT2D eigenvalue weighted by Gasteiger charge is -2.21. The third-order valence-corrected chi connectivity index (χ3v) is 3.89. The molecular formula is C17H18F2N6O2. The maximum atomic E-state index is 13.0. The lowest BCUT2D eigenvalue weighted by atomic mass is 10.3. The number of halogens is 2. The van der Waals surface area contributed by atoms with Crippen molar-refractivity contribution in [3.63, 3.8) is 0 Å². The molecule has 142 valence electrons. The predicted molar refractivity (Wildman–Crippen MR) is 95.2 cm³/mol. The molecule has 0 aliphatic rings. The first-order chi connectivity index (χ1) is 13.0. The molecule has 0 bridgehead atoms. The summed E-state index contributed by atoms with van der Waals surface area (Å²) in [6.07, 6.45) is -2.80. The van der Waals surface area contributed by atoms with Gasteiger partial charge in [-0.15, -0.1) is 15.3 Å². The van der Waals surface area contributed by atoms with Gasteiger partial charge < -0.3 is 15.0 Å². The quantitative estimate of drug-likeness (QED) is 0.682. The highest BCUT2D eigenvalue weighted by atomic mass is 19.3. The van der Waals surface area contributed by atoms with Gasteiger partial charge in [-0.1, -0.05) is 12.1 Å². The average Bonchev–Trinajstić information content (AvgIpc) is 3.10. The first kappa shape index (κ1) is 18.5. The Morgan fingerprint density at radius 1 is 1.26 bits per heavy atom. The van der Waals surface area contributed by atoms with E-state index in [1.165, 1.54) is 13.2 Å². The standard InChI is InChI=1S/C17H18F2N6O2/c1-3-24(10-15(26)20-11-6-4-5-7-12(11)27-2)14-9-8-13-21-22-17(16(18)19)25(13)23-14/h4-9,16H,3,10H2,1-2H3,(H,20,26). The summed E-state index contributed by atoms with van der Waals surface area (Å²) in [6, 6.07) is 10.2. The van der Waals surface area contributed by atoms with Crippen LogP contribution >= 0.6 is 0 Å². The van der Waals surface area contributed by atoms with Crippen molar-refractivity contribution < 1.29 is 18.3 Å². The van der Waals surface area contributed by atoms with Crippen molar-refractivity contribution in [1.82, 2.24) is 19.8 Å². The van der Waals surface area contributed by atoms with Gasteiger partial charge in [0.25, 0.3) is 6.43 Å². The van der Waals surface area contributed by atoms with Gasteiger partial charge in [-0.05, 0) is 31.2 Å². The second kappa shape index (κ2) is 7.94. The van der Waals surface area contributed by atoms with E-state index in [4.69, 9.17) is 4.74 Å². The van der Waals surface area contributed by atoms with Crippen LogP contribution in [0, 0.1) is 0 Å². The number of carbonyl (C=O) groups excluding carboxylic acids is 1. The summed E-state index contributed by atoms with van der Waals surface area (Å²) >= 11 is 0. The molecule has 2 heterocycles. The molecule has 0 saturated heterocycles. The minimum Gasteiger partial charge on any atom is -0.495 e. The van der Waals surface area contributed by atoms with Crippen LogP contribution in [-0.2, 0) is 4.79 Å². The van der Waals surface area contributed by atoms with Gasteiger partial charge in [0.05, 0.1) is 19.3 Å². The Kier molecular flexibility index (Phi) is 5.43. The Morgan fingerprint density at radius 3 is 2.74 bits per heavy atom. The number of para-hydroxylation sites is 2. The first-order valence-corrected chi connectivity index (χ1v) is 8.21. The zero-order chi connectivity index (χ0) is 19.4. The number of nitrogens with zero attached hydrogens (tertiary/aromatic N) is 5. The van der Waals surface area contributed by atoms with E-state index in [0.717, 1.165) is 4.52 Å². The number of rotatable bonds is 7. The second-order valence-corrected chi connectivity index (χ2v) is 5.58. The molecule has 0 saturated carbocycles. The van der Waals surface area contributed by atoms with Crippen molar-refractivity contribution in [2.24, 2.45) is 0 Å². The molecule has 1 aromatic carbocycles. The van der Waals surface area contributed by atoms with Gasteiger partial charge in [-0.3, -0.25) is 4.79 Å². The van der Waals surface area contributed by atoms with Crippen LogP contribution in [0.4, 0.5) is 20.3 Å². The topological polar surface area (TPSA) is 84.7 Å². The van der Waals surface area contributed by atoms with Gasteiger partial charge in [0, 0.05) is 6.54 Å². The van der Waals surface area contributed by atoms with E-state index in [1.807, 2.05) is 6.92 Å². The largest absolute Gasteiger partial charge is 0.495 e. The molecule has 8 nitrogen and oxygen atoms in total. The Labute approximate surface area is 153 Å². The number of nitrogens with one attached hydrogen (secondary N) is 1. The molecular weight excluding hydrogens is 358 g/mol. The molecule has 10 heteroatoms. The molecule has 3 aromatic rings. The van der Waals surface area contributed by atoms with Gasteiger partial charge in [-0.25, -0.2) is 8.78 Å². The first-order valence-electron chi connectivity index (χ1n) is 8.21. The van der Waals surface area contributed by atoms with Crippen molar-refractivity contribution in [3.8, 4) is 5.75 Å². The lowest BCUT2D eigenvalue weighted by molar-refractivity contribution is -0.115. The number of aromatic nitrogens is 4. The van der Waals surface area contributed by atoms with Crippen molar-refractivity contribution in [2.45, 2.75) is 13.3 Å². The van der Waals surface area contributed by atoms with Crippen LogP contribution in [0.2, 0.25) is 0 Å². The molecule has 27 heavy (non-hydrogen) atoms. The molecule has 0 unspecified atom stereocenters. The fraction of sp³-hybridized carbons (Fsp3) is 0.294. The zero-order valence-electron chi connectivity index (χ0n) is 14.8. The van der Waals surface area contributed by atoms with Crippen LogP contribution in [0.25, 0.3) is 5.65 Å². The Bertz CT molecular complexity index is 946. The summed E-state index contributed by atoms with van der Waals surface area (Å²) in [5, 5.41) is 14.0. The van der Waals surface area contributed by atoms with Gasteiger partial charge in [0.2, 0.25) is 11.7 Å². The van der Waals surface area contributed by atoms with Gasteiger partial charge >= 0.3 is 0 Å². The van der Waals surface area contributed by atoms with Crippen molar-refractivity contribution in [1.29, 1.82) is 0 Å². The Morgan fingerprint density at radius 2 is 2.04 bits per heavy atom. The highest BCUT2D eigenvalue weighted by molar-refractivity contribution is 5.95. The van der Waals surface area contributed by atoms with Crippen LogP contribution in [0.3, 0.4) is 0 Å². The fourth-order valence-electron chi connectivity index (χ4n) is 2.57. The number of fused-ring (bicyclic) bond motifs is 1. The smallest absolute Gasteiger partial charge is 0.299 e. The molecule has 3 rings (SSSR count). The Balaban J connectivity index is 1.79. The van der Waals surface area contributed by atoms with E-state index in [2.05, 4.69) is 20.6 Å². The summed E-state index contributed by atoms with van der Waals surface area (Å²) in [6.45, 7) is 2.27. The van der Waals surface area contributed by atoms with Gasteiger partial charge in [-0.2, -0.15) is 4.52 Å². The second-order valence-electron chi connectivity index (χ2n) is 5.58. The molecule has 0 aliphatic carbocycles. The van der Waals surface area contributed by atoms with Crippen LogP contribution in [-0.4, -0.2) is 45.9 Å². The van der Waals surface area contributed by atoms with E-state index < -0.39 is 12.2 Å². The molecule has 0 fully saturated rings. The van der Waals surface area contributed by atoms with Crippen molar-refractivity contribution in [2.75, 3.05) is 30.4 Å². The van der Waals surface area contributed by atoms with E-state index in [1.54, 1.807) is 35.2 Å². The van der Waals surface area contributed by atoms with E-state index in [0.29, 0.717) is 23.8 Å². The summed E-state index contributed by atoms with van der Waals surface area (Å²) in [4.78, 5) is 14.1. The predicted octanol–water partition coefficient (Wildman–Crippen LogP) is 2.54. The molecule has 0 aliphatic heterocycles. The van der Waals surface area contributed by atoms with Crippen LogP contribution < -0.4 is 15.0 Å². The lowest BCUT2D eigenvalue weighted by Crippen LogP contribution is -2.34. The molecule has 0 atom stereocenters. The monoisotopic (exact) mass is 376 g/mol. The number of amides is 1. The SMILES string of the molecule is CCN(CC(=O)Nc1ccccc1OC)c1ccc2nnc(C(F)F)n2n1. The highest BCUT2D eigenvalue weighted by Crippen LogP contribution is 2.23. The van der Waals surface area contributed by atoms with Crippen LogP contribution in [0.1, 0.15) is 19.2 Å². The summed E-state index contributed by atoms with van der Waals surface area (Å²) in [5.41, 5.74) is 0.756. The molecule has 1 amide bonds. The number of hydrogen-bond donors (Lipinski definition) is 1. The molecule has 2 aromatic heterocycles. The summed E-state index contributed by atoms with van der Waals surface area (Å²) in [5.74, 6) is 0.0730. The zero-order valence-corrected chi connectivity index (χ0v) is 14.8. The van der Waals surface area contributed by atoms with E-state index in [9.17, 15) is 13.6 Å². The normalized spacial score (nSPS) is 11.0. The molecule has 0 radical (unpaired) electrons. The number of alkyl halides is 2. The van der Waals surface area contributed by atoms with Crippen LogP contribution in [0.15, 0.2) is 36.4 Å². The number of hydrogen-bond acceptors (Lipinski definition) is 6. The number of carbonyl (C=O) groups is 1. The van der Waals surface area contributed by atoms with Crippen molar-refractivity contribution in [3.05, 3.63) is 42.2 Å².